The average Bonchev–Trinajstić information content (AvgIpc) is 2.82. The third kappa shape index (κ3) is 5.82. The normalized spacial score (nSPS) is 11.2. The van der Waals surface area contributed by atoms with E-state index in [4.69, 9.17) is 0 Å². The van der Waals surface area contributed by atoms with E-state index in [0.717, 1.165) is 21.8 Å². The first-order chi connectivity index (χ1) is 15.9. The Kier molecular flexibility index (Phi) is 7.92. The first kappa shape index (κ1) is 24.1. The van der Waals surface area contributed by atoms with Crippen LogP contribution in [0.25, 0.3) is 0 Å². The first-order valence-electron chi connectivity index (χ1n) is 10.5. The van der Waals surface area contributed by atoms with Crippen LogP contribution in [0.5, 0.6) is 0 Å². The summed E-state index contributed by atoms with van der Waals surface area (Å²) in [4.78, 5) is 24.8. The lowest BCUT2D eigenvalue weighted by atomic mass is 10.0. The summed E-state index contributed by atoms with van der Waals surface area (Å²) in [5, 5.41) is 4.29. The summed E-state index contributed by atoms with van der Waals surface area (Å²) in [6, 6.07) is 21.2. The highest BCUT2D eigenvalue weighted by atomic mass is 32.2. The molecule has 0 fully saturated rings. The SMILES string of the molecule is CCN(CC)S(=O)(=O)c1ccc(=O)n(CC(=O)NN=C(c2ccccc2)c2ccccc2)c1. The molecular weight excluding hydrogens is 440 g/mol. The minimum Gasteiger partial charge on any atom is -0.305 e. The number of nitrogens with zero attached hydrogens (tertiary/aromatic N) is 3. The van der Waals surface area contributed by atoms with Crippen LogP contribution in [0.2, 0.25) is 0 Å². The molecule has 9 heteroatoms. The molecule has 0 bridgehead atoms. The van der Waals surface area contributed by atoms with Crippen molar-refractivity contribution < 1.29 is 13.2 Å². The third-order valence-corrected chi connectivity index (χ3v) is 7.03. The van der Waals surface area contributed by atoms with Crippen molar-refractivity contribution in [1.29, 1.82) is 0 Å². The lowest BCUT2D eigenvalue weighted by Crippen LogP contribution is -2.33. The van der Waals surface area contributed by atoms with Gasteiger partial charge in [0.2, 0.25) is 10.0 Å². The Bertz CT molecular complexity index is 1240. The van der Waals surface area contributed by atoms with E-state index in [1.54, 1.807) is 13.8 Å². The predicted octanol–water partition coefficient (Wildman–Crippen LogP) is 2.45. The van der Waals surface area contributed by atoms with Crippen LogP contribution >= 0.6 is 0 Å². The molecule has 3 rings (SSSR count). The Morgan fingerprint density at radius 2 is 1.45 bits per heavy atom. The van der Waals surface area contributed by atoms with Gasteiger partial charge < -0.3 is 4.57 Å². The molecule has 1 heterocycles. The number of sulfonamides is 1. The fraction of sp³-hybridized carbons (Fsp3) is 0.208. The van der Waals surface area contributed by atoms with Gasteiger partial charge in [0.25, 0.3) is 11.5 Å². The number of hydrogen-bond acceptors (Lipinski definition) is 5. The molecule has 0 aliphatic heterocycles. The molecule has 0 aliphatic carbocycles. The van der Waals surface area contributed by atoms with Crippen molar-refractivity contribution in [1.82, 2.24) is 14.3 Å². The number of rotatable bonds is 9. The van der Waals surface area contributed by atoms with Crippen molar-refractivity contribution in [3.05, 3.63) is 100 Å². The molecule has 1 amide bonds. The van der Waals surface area contributed by atoms with Crippen molar-refractivity contribution in [3.8, 4) is 0 Å². The number of pyridine rings is 1. The van der Waals surface area contributed by atoms with Crippen LogP contribution in [0.4, 0.5) is 0 Å². The fourth-order valence-electron chi connectivity index (χ4n) is 3.29. The minimum absolute atomic E-state index is 0.0450. The minimum atomic E-state index is -3.76. The van der Waals surface area contributed by atoms with Gasteiger partial charge in [-0.3, -0.25) is 9.59 Å². The van der Waals surface area contributed by atoms with Crippen molar-refractivity contribution in [2.75, 3.05) is 13.1 Å². The monoisotopic (exact) mass is 466 g/mol. The summed E-state index contributed by atoms with van der Waals surface area (Å²) in [5.74, 6) is -0.557. The van der Waals surface area contributed by atoms with Gasteiger partial charge in [-0.1, -0.05) is 74.5 Å². The van der Waals surface area contributed by atoms with E-state index < -0.39 is 21.5 Å². The zero-order valence-electron chi connectivity index (χ0n) is 18.5. The molecule has 1 aromatic heterocycles. The number of carbonyl (C=O) groups is 1. The molecule has 0 saturated heterocycles. The molecule has 33 heavy (non-hydrogen) atoms. The lowest BCUT2D eigenvalue weighted by molar-refractivity contribution is -0.121. The maximum atomic E-state index is 12.8. The summed E-state index contributed by atoms with van der Waals surface area (Å²) in [6.45, 7) is 3.70. The third-order valence-electron chi connectivity index (χ3n) is 5.00. The number of nitrogens with one attached hydrogen (secondary N) is 1. The van der Waals surface area contributed by atoms with Gasteiger partial charge >= 0.3 is 0 Å². The molecule has 0 saturated carbocycles. The number of aromatic nitrogens is 1. The molecule has 172 valence electrons. The molecule has 0 aliphatic rings. The van der Waals surface area contributed by atoms with Crippen molar-refractivity contribution >= 4 is 21.6 Å². The van der Waals surface area contributed by atoms with E-state index in [1.807, 2.05) is 60.7 Å². The van der Waals surface area contributed by atoms with Gasteiger partial charge in [0.15, 0.2) is 0 Å². The summed E-state index contributed by atoms with van der Waals surface area (Å²) in [5.41, 5.74) is 4.19. The Hall–Kier alpha value is -3.56. The van der Waals surface area contributed by atoms with Crippen LogP contribution in [-0.4, -0.2) is 42.0 Å². The van der Waals surface area contributed by atoms with Crippen LogP contribution < -0.4 is 11.0 Å². The van der Waals surface area contributed by atoms with E-state index in [0.29, 0.717) is 18.8 Å². The van der Waals surface area contributed by atoms with Gasteiger partial charge in [0.1, 0.15) is 6.54 Å². The molecule has 3 aromatic rings. The first-order valence-corrected chi connectivity index (χ1v) is 12.0. The van der Waals surface area contributed by atoms with Crippen molar-refractivity contribution in [2.24, 2.45) is 5.10 Å². The number of amides is 1. The highest BCUT2D eigenvalue weighted by Crippen LogP contribution is 2.14. The van der Waals surface area contributed by atoms with E-state index >= 15 is 0 Å². The molecule has 8 nitrogen and oxygen atoms in total. The summed E-state index contributed by atoms with van der Waals surface area (Å²) in [7, 11) is -3.76. The second-order valence-electron chi connectivity index (χ2n) is 7.15. The largest absolute Gasteiger partial charge is 0.305 e. The van der Waals surface area contributed by atoms with E-state index in [2.05, 4.69) is 10.5 Å². The fourth-order valence-corrected chi connectivity index (χ4v) is 4.77. The van der Waals surface area contributed by atoms with Crippen LogP contribution in [0.3, 0.4) is 0 Å². The van der Waals surface area contributed by atoms with Crippen LogP contribution in [0, 0.1) is 0 Å². The van der Waals surface area contributed by atoms with Gasteiger partial charge in [-0.05, 0) is 6.07 Å². The number of hydrogen-bond donors (Lipinski definition) is 1. The topological polar surface area (TPSA) is 101 Å². The molecule has 1 N–H and O–H groups in total. The standard InChI is InChI=1S/C24H26N4O4S/c1-3-28(4-2)33(31,32)21-15-16-23(30)27(17-21)18-22(29)25-26-24(19-11-7-5-8-12-19)20-13-9-6-10-14-20/h5-17H,3-4,18H2,1-2H3,(H,25,29). The van der Waals surface area contributed by atoms with Gasteiger partial charge in [-0.25, -0.2) is 13.8 Å². The van der Waals surface area contributed by atoms with Gasteiger partial charge in [-0.2, -0.15) is 9.41 Å². The van der Waals surface area contributed by atoms with E-state index in [1.165, 1.54) is 16.6 Å². The maximum Gasteiger partial charge on any atom is 0.260 e. The summed E-state index contributed by atoms with van der Waals surface area (Å²) < 4.78 is 27.9. The Morgan fingerprint density at radius 3 is 1.97 bits per heavy atom. The van der Waals surface area contributed by atoms with Gasteiger partial charge in [0.05, 0.1) is 10.6 Å². The number of benzene rings is 2. The Morgan fingerprint density at radius 1 is 0.909 bits per heavy atom. The van der Waals surface area contributed by atoms with E-state index in [9.17, 15) is 18.0 Å². The maximum absolute atomic E-state index is 12.8. The van der Waals surface area contributed by atoms with E-state index in [-0.39, 0.29) is 11.4 Å². The molecule has 0 unspecified atom stereocenters. The smallest absolute Gasteiger partial charge is 0.260 e. The zero-order valence-corrected chi connectivity index (χ0v) is 19.3. The zero-order chi connectivity index (χ0) is 23.8. The van der Waals surface area contributed by atoms with Crippen molar-refractivity contribution in [3.63, 3.8) is 0 Å². The predicted molar refractivity (Wildman–Crippen MR) is 127 cm³/mol. The van der Waals surface area contributed by atoms with Gasteiger partial charge in [-0.15, -0.1) is 0 Å². The molecule has 0 spiro atoms. The molecule has 0 atom stereocenters. The van der Waals surface area contributed by atoms with Crippen LogP contribution in [0.1, 0.15) is 25.0 Å². The van der Waals surface area contributed by atoms with Crippen LogP contribution in [0.15, 0.2) is 93.8 Å². The molecule has 0 radical (unpaired) electrons. The second-order valence-corrected chi connectivity index (χ2v) is 9.09. The molecule has 2 aromatic carbocycles. The number of hydrazone groups is 1. The second kappa shape index (κ2) is 10.8. The average molecular weight is 467 g/mol. The Balaban J connectivity index is 1.85. The van der Waals surface area contributed by atoms with Crippen molar-refractivity contribution in [2.45, 2.75) is 25.3 Å². The quantitative estimate of drug-likeness (QED) is 0.387. The van der Waals surface area contributed by atoms with Gasteiger partial charge in [0, 0.05) is 36.5 Å². The lowest BCUT2D eigenvalue weighted by Gasteiger charge is -2.18. The Labute approximate surface area is 193 Å². The summed E-state index contributed by atoms with van der Waals surface area (Å²) in [6.07, 6.45) is 1.19. The molecular formula is C24H26N4O4S. The number of carbonyl (C=O) groups excluding carboxylic acids is 1. The summed E-state index contributed by atoms with van der Waals surface area (Å²) >= 11 is 0. The highest BCUT2D eigenvalue weighted by Gasteiger charge is 2.22. The van der Waals surface area contributed by atoms with Crippen LogP contribution in [-0.2, 0) is 21.4 Å². The highest BCUT2D eigenvalue weighted by molar-refractivity contribution is 7.89.